The summed E-state index contributed by atoms with van der Waals surface area (Å²) in [4.78, 5) is 22.0. The van der Waals surface area contributed by atoms with Crippen molar-refractivity contribution in [2.24, 2.45) is 7.05 Å². The number of likely N-dealkylation sites (N-methyl/N-ethyl adjacent to an activating group) is 1. The SMILES string of the molecule is BC(B)(C(=O)Nc1cc2cc(-c3cnn(C)c3)ccc2cn1)N1CCN(C)CC1. The van der Waals surface area contributed by atoms with Crippen molar-refractivity contribution >= 4 is 38.2 Å². The van der Waals surface area contributed by atoms with Crippen molar-refractivity contribution in [3.05, 3.63) is 42.9 Å². The summed E-state index contributed by atoms with van der Waals surface area (Å²) in [6, 6.07) is 8.16. The zero-order chi connectivity index (χ0) is 20.6. The lowest BCUT2D eigenvalue weighted by atomic mass is 9.59. The monoisotopic (exact) mass is 388 g/mol. The smallest absolute Gasteiger partial charge is 0.229 e. The Morgan fingerprint density at radius 1 is 1.03 bits per heavy atom. The fourth-order valence-corrected chi connectivity index (χ4v) is 3.74. The lowest BCUT2D eigenvalue weighted by Gasteiger charge is -2.42. The third-order valence-corrected chi connectivity index (χ3v) is 5.85. The lowest BCUT2D eigenvalue weighted by Crippen LogP contribution is -2.62. The molecule has 1 aliphatic rings. The average molecular weight is 388 g/mol. The summed E-state index contributed by atoms with van der Waals surface area (Å²) in [6.07, 6.45) is 5.65. The maximum atomic E-state index is 13.0. The highest BCUT2D eigenvalue weighted by molar-refractivity contribution is 6.52. The van der Waals surface area contributed by atoms with Crippen LogP contribution in [0.5, 0.6) is 0 Å². The first-order valence-corrected chi connectivity index (χ1v) is 9.97. The minimum atomic E-state index is -0.588. The van der Waals surface area contributed by atoms with Crippen molar-refractivity contribution in [3.63, 3.8) is 0 Å². The Morgan fingerprint density at radius 3 is 2.48 bits per heavy atom. The van der Waals surface area contributed by atoms with Gasteiger partial charge in [0.15, 0.2) is 0 Å². The second-order valence-electron chi connectivity index (χ2n) is 8.34. The van der Waals surface area contributed by atoms with E-state index < -0.39 is 5.34 Å². The van der Waals surface area contributed by atoms with Crippen LogP contribution in [-0.4, -0.2) is 84.7 Å². The molecule has 0 unspecified atom stereocenters. The van der Waals surface area contributed by atoms with E-state index in [9.17, 15) is 4.79 Å². The molecule has 1 fully saturated rings. The van der Waals surface area contributed by atoms with Crippen molar-refractivity contribution < 1.29 is 4.79 Å². The molecular formula is C20H26B2N6O. The summed E-state index contributed by atoms with van der Waals surface area (Å²) in [5, 5.41) is 8.75. The van der Waals surface area contributed by atoms with Gasteiger partial charge in [0, 0.05) is 61.9 Å². The van der Waals surface area contributed by atoms with Crippen molar-refractivity contribution in [1.82, 2.24) is 24.6 Å². The number of fused-ring (bicyclic) bond motifs is 1. The summed E-state index contributed by atoms with van der Waals surface area (Å²) in [7, 11) is 7.98. The molecule has 29 heavy (non-hydrogen) atoms. The Balaban J connectivity index is 1.55. The number of hydrogen-bond acceptors (Lipinski definition) is 5. The second-order valence-corrected chi connectivity index (χ2v) is 8.34. The van der Waals surface area contributed by atoms with Gasteiger partial charge in [-0.05, 0) is 30.1 Å². The Bertz CT molecular complexity index is 1040. The van der Waals surface area contributed by atoms with E-state index in [4.69, 9.17) is 0 Å². The maximum Gasteiger partial charge on any atom is 0.229 e. The molecule has 1 saturated heterocycles. The van der Waals surface area contributed by atoms with Gasteiger partial charge in [0.25, 0.3) is 0 Å². The molecule has 0 radical (unpaired) electrons. The number of hydrogen-bond donors (Lipinski definition) is 1. The number of carbonyl (C=O) groups excluding carboxylic acids is 1. The predicted molar refractivity (Wildman–Crippen MR) is 121 cm³/mol. The van der Waals surface area contributed by atoms with E-state index in [0.717, 1.165) is 48.1 Å². The number of aromatic nitrogens is 3. The number of aryl methyl sites for hydroxylation is 1. The second kappa shape index (κ2) is 7.65. The normalized spacial score (nSPS) is 16.2. The molecule has 9 heteroatoms. The predicted octanol–water partition coefficient (Wildman–Crippen LogP) is -0.259. The molecule has 3 heterocycles. The molecule has 4 rings (SSSR count). The quantitative estimate of drug-likeness (QED) is 0.625. The van der Waals surface area contributed by atoms with E-state index in [-0.39, 0.29) is 5.91 Å². The van der Waals surface area contributed by atoms with Crippen molar-refractivity contribution in [3.8, 4) is 11.1 Å². The van der Waals surface area contributed by atoms with Crippen molar-refractivity contribution in [2.45, 2.75) is 5.34 Å². The van der Waals surface area contributed by atoms with Gasteiger partial charge < -0.3 is 15.1 Å². The van der Waals surface area contributed by atoms with Gasteiger partial charge in [0.1, 0.15) is 21.5 Å². The van der Waals surface area contributed by atoms with E-state index in [1.54, 1.807) is 10.9 Å². The van der Waals surface area contributed by atoms with Crippen LogP contribution in [0.15, 0.2) is 42.9 Å². The van der Waals surface area contributed by atoms with Crippen molar-refractivity contribution in [1.29, 1.82) is 0 Å². The fourth-order valence-electron chi connectivity index (χ4n) is 3.74. The van der Waals surface area contributed by atoms with Crippen LogP contribution >= 0.6 is 0 Å². The zero-order valence-electron chi connectivity index (χ0n) is 17.5. The van der Waals surface area contributed by atoms with Crippen LogP contribution in [0.25, 0.3) is 21.9 Å². The standard InChI is InChI=1S/C20H26B2N6O/c1-26-5-7-28(8-6-26)20(21,22)19(29)25-18-10-16-9-14(3-4-15(16)11-23-18)17-12-24-27(2)13-17/h3-4,9-13H,5-8,21-22H2,1-2H3,(H,23,25,29). The highest BCUT2D eigenvalue weighted by Gasteiger charge is 2.35. The topological polar surface area (TPSA) is 66.3 Å². The molecule has 148 valence electrons. The van der Waals surface area contributed by atoms with E-state index in [1.165, 1.54) is 0 Å². The van der Waals surface area contributed by atoms with Crippen LogP contribution in [0.2, 0.25) is 0 Å². The van der Waals surface area contributed by atoms with Gasteiger partial charge in [0.2, 0.25) is 5.91 Å². The van der Waals surface area contributed by atoms with Crippen LogP contribution in [0, 0.1) is 0 Å². The number of rotatable bonds is 4. The third-order valence-electron chi connectivity index (χ3n) is 5.85. The first-order valence-electron chi connectivity index (χ1n) is 9.97. The summed E-state index contributed by atoms with van der Waals surface area (Å²) in [5.74, 6) is 0.547. The number of piperazine rings is 1. The van der Waals surface area contributed by atoms with Crippen molar-refractivity contribution in [2.75, 3.05) is 38.5 Å². The Kier molecular flexibility index (Phi) is 5.19. The van der Waals surface area contributed by atoms with E-state index >= 15 is 0 Å². The Labute approximate surface area is 172 Å². The van der Waals surface area contributed by atoms with Gasteiger partial charge in [0.05, 0.1) is 6.20 Å². The molecular weight excluding hydrogens is 362 g/mol. The summed E-state index contributed by atoms with van der Waals surface area (Å²) < 4.78 is 1.79. The van der Waals surface area contributed by atoms with E-state index in [0.29, 0.717) is 5.82 Å². The summed E-state index contributed by atoms with van der Waals surface area (Å²) in [5.41, 5.74) is 2.15. The zero-order valence-corrected chi connectivity index (χ0v) is 17.5. The lowest BCUT2D eigenvalue weighted by molar-refractivity contribution is -0.120. The summed E-state index contributed by atoms with van der Waals surface area (Å²) >= 11 is 0. The van der Waals surface area contributed by atoms with Crippen LogP contribution < -0.4 is 5.32 Å². The Hall–Kier alpha value is -2.64. The number of nitrogens with one attached hydrogen (secondary N) is 1. The molecule has 0 atom stereocenters. The molecule has 0 bridgehead atoms. The van der Waals surface area contributed by atoms with Gasteiger partial charge in [-0.2, -0.15) is 5.10 Å². The molecule has 0 saturated carbocycles. The molecule has 7 nitrogen and oxygen atoms in total. The molecule has 1 aromatic carbocycles. The first kappa shape index (κ1) is 19.7. The molecule has 1 amide bonds. The van der Waals surface area contributed by atoms with Gasteiger partial charge >= 0.3 is 0 Å². The molecule has 0 spiro atoms. The molecule has 1 aliphatic heterocycles. The molecule has 3 aromatic rings. The minimum Gasteiger partial charge on any atom is -0.310 e. The average Bonchev–Trinajstić information content (AvgIpc) is 3.14. The Morgan fingerprint density at radius 2 is 1.79 bits per heavy atom. The highest BCUT2D eigenvalue weighted by atomic mass is 16.2. The van der Waals surface area contributed by atoms with Crippen LogP contribution in [0.4, 0.5) is 5.82 Å². The minimum absolute atomic E-state index is 0.0303. The number of nitrogens with zero attached hydrogens (tertiary/aromatic N) is 5. The van der Waals surface area contributed by atoms with Gasteiger partial charge in [-0.15, -0.1) is 0 Å². The van der Waals surface area contributed by atoms with Gasteiger partial charge in [-0.1, -0.05) is 12.1 Å². The molecule has 1 N–H and O–H groups in total. The van der Waals surface area contributed by atoms with Gasteiger partial charge in [-0.3, -0.25) is 9.48 Å². The number of anilines is 1. The van der Waals surface area contributed by atoms with Crippen LogP contribution in [0.3, 0.4) is 0 Å². The van der Waals surface area contributed by atoms with E-state index in [2.05, 4.69) is 44.4 Å². The number of benzene rings is 1. The maximum absolute atomic E-state index is 13.0. The fraction of sp³-hybridized carbons (Fsp3) is 0.350. The number of carbonyl (C=O) groups is 1. The van der Waals surface area contributed by atoms with Crippen LogP contribution in [-0.2, 0) is 11.8 Å². The number of pyridine rings is 1. The van der Waals surface area contributed by atoms with Crippen LogP contribution in [0.1, 0.15) is 0 Å². The molecule has 0 aliphatic carbocycles. The summed E-state index contributed by atoms with van der Waals surface area (Å²) in [6.45, 7) is 3.72. The largest absolute Gasteiger partial charge is 0.310 e. The third kappa shape index (κ3) is 4.06. The van der Waals surface area contributed by atoms with E-state index in [1.807, 2.05) is 47.3 Å². The highest BCUT2D eigenvalue weighted by Crippen LogP contribution is 2.25. The first-order chi connectivity index (χ1) is 13.8. The molecule has 2 aromatic heterocycles. The number of amides is 1. The van der Waals surface area contributed by atoms with Gasteiger partial charge in [-0.25, -0.2) is 4.98 Å².